The Morgan fingerprint density at radius 1 is 1.10 bits per heavy atom. The number of pyridine rings is 2. The molecule has 20 heavy (non-hydrogen) atoms. The van der Waals surface area contributed by atoms with Crippen molar-refractivity contribution < 1.29 is 0 Å². The van der Waals surface area contributed by atoms with Crippen molar-refractivity contribution in [3.05, 3.63) is 59.7 Å². The first-order valence-corrected chi connectivity index (χ1v) is 7.41. The van der Waals surface area contributed by atoms with E-state index in [0.717, 1.165) is 37.2 Å². The molecule has 0 radical (unpaired) electrons. The van der Waals surface area contributed by atoms with E-state index >= 15 is 0 Å². The topological polar surface area (TPSA) is 37.8 Å². The monoisotopic (exact) mass is 269 g/mol. The summed E-state index contributed by atoms with van der Waals surface area (Å²) < 4.78 is 0. The lowest BCUT2D eigenvalue weighted by atomic mass is 10.1. The minimum atomic E-state index is 0.233. The summed E-state index contributed by atoms with van der Waals surface area (Å²) in [6, 6.07) is 10.6. The Morgan fingerprint density at radius 3 is 2.60 bits per heavy atom. The quantitative estimate of drug-likeness (QED) is 0.838. The molecule has 3 nitrogen and oxygen atoms in total. The number of aryl methyl sites for hydroxylation is 1. The summed E-state index contributed by atoms with van der Waals surface area (Å²) in [6.45, 7) is 5.32. The van der Waals surface area contributed by atoms with Crippen LogP contribution >= 0.6 is 0 Å². The van der Waals surface area contributed by atoms with Crippen molar-refractivity contribution in [2.75, 3.05) is 6.54 Å². The maximum absolute atomic E-state index is 4.56. The number of nitrogens with one attached hydrogen (secondary N) is 1. The summed E-state index contributed by atoms with van der Waals surface area (Å²) in [5.41, 5.74) is 3.48. The Balaban J connectivity index is 2.10. The van der Waals surface area contributed by atoms with E-state index in [-0.39, 0.29) is 6.04 Å². The normalized spacial score (nSPS) is 12.3. The van der Waals surface area contributed by atoms with Gasteiger partial charge < -0.3 is 5.32 Å². The summed E-state index contributed by atoms with van der Waals surface area (Å²) in [7, 11) is 0. The highest BCUT2D eigenvalue weighted by Crippen LogP contribution is 2.15. The Hall–Kier alpha value is -1.74. The van der Waals surface area contributed by atoms with Crippen molar-refractivity contribution >= 4 is 0 Å². The van der Waals surface area contributed by atoms with Crippen LogP contribution < -0.4 is 5.32 Å². The summed E-state index contributed by atoms with van der Waals surface area (Å²) in [5, 5.41) is 3.56. The second-order valence-corrected chi connectivity index (χ2v) is 4.98. The first kappa shape index (κ1) is 14.7. The van der Waals surface area contributed by atoms with Crippen LogP contribution in [0.2, 0.25) is 0 Å². The molecule has 3 heteroatoms. The summed E-state index contributed by atoms with van der Waals surface area (Å²) in [4.78, 5) is 9.03. The molecular weight excluding hydrogens is 246 g/mol. The average molecular weight is 269 g/mol. The standard InChI is InChI=1S/C17H23N3/c1-3-10-18-17(16-7-5-6-11-19-16)12-15-9-8-14(4-2)13-20-15/h5-9,11,13,17-18H,3-4,10,12H2,1-2H3. The molecule has 0 aromatic carbocycles. The van der Waals surface area contributed by atoms with Gasteiger partial charge in [0.15, 0.2) is 0 Å². The second kappa shape index (κ2) is 7.75. The van der Waals surface area contributed by atoms with Crippen LogP contribution in [-0.4, -0.2) is 16.5 Å². The number of nitrogens with zero attached hydrogens (tertiary/aromatic N) is 2. The Kier molecular flexibility index (Phi) is 5.69. The van der Waals surface area contributed by atoms with Gasteiger partial charge in [-0.05, 0) is 43.1 Å². The molecule has 0 spiro atoms. The molecule has 0 fully saturated rings. The molecule has 0 saturated heterocycles. The summed E-state index contributed by atoms with van der Waals surface area (Å²) in [6.07, 6.45) is 6.85. The van der Waals surface area contributed by atoms with Gasteiger partial charge in [0.25, 0.3) is 0 Å². The lowest BCUT2D eigenvalue weighted by molar-refractivity contribution is 0.513. The van der Waals surface area contributed by atoms with E-state index < -0.39 is 0 Å². The molecule has 1 unspecified atom stereocenters. The van der Waals surface area contributed by atoms with Crippen LogP contribution in [0.5, 0.6) is 0 Å². The predicted octanol–water partition coefficient (Wildman–Crippen LogP) is 3.32. The van der Waals surface area contributed by atoms with E-state index in [4.69, 9.17) is 0 Å². The molecule has 2 aromatic heterocycles. The van der Waals surface area contributed by atoms with Crippen LogP contribution in [-0.2, 0) is 12.8 Å². The van der Waals surface area contributed by atoms with Crippen molar-refractivity contribution in [3.63, 3.8) is 0 Å². The Morgan fingerprint density at radius 2 is 2.00 bits per heavy atom. The van der Waals surface area contributed by atoms with Crippen LogP contribution in [0.25, 0.3) is 0 Å². The van der Waals surface area contributed by atoms with Crippen LogP contribution in [0.1, 0.15) is 43.3 Å². The van der Waals surface area contributed by atoms with Gasteiger partial charge >= 0.3 is 0 Å². The molecule has 2 rings (SSSR count). The van der Waals surface area contributed by atoms with E-state index in [1.54, 1.807) is 0 Å². The lowest BCUT2D eigenvalue weighted by Gasteiger charge is -2.17. The van der Waals surface area contributed by atoms with Gasteiger partial charge in [-0.15, -0.1) is 0 Å². The Labute approximate surface area is 121 Å². The number of rotatable bonds is 7. The Bertz CT molecular complexity index is 493. The van der Waals surface area contributed by atoms with Gasteiger partial charge in [0.05, 0.1) is 11.7 Å². The first-order chi connectivity index (χ1) is 9.83. The third-order valence-corrected chi connectivity index (χ3v) is 3.39. The van der Waals surface area contributed by atoms with Crippen LogP contribution in [0.3, 0.4) is 0 Å². The molecule has 2 heterocycles. The molecule has 0 aliphatic heterocycles. The molecule has 1 N–H and O–H groups in total. The van der Waals surface area contributed by atoms with Gasteiger partial charge in [0.2, 0.25) is 0 Å². The zero-order valence-electron chi connectivity index (χ0n) is 12.3. The molecule has 106 valence electrons. The van der Waals surface area contributed by atoms with E-state index in [2.05, 4.69) is 47.3 Å². The van der Waals surface area contributed by atoms with E-state index in [0.29, 0.717) is 0 Å². The van der Waals surface area contributed by atoms with Gasteiger partial charge in [-0.2, -0.15) is 0 Å². The third kappa shape index (κ3) is 4.14. The highest BCUT2D eigenvalue weighted by Gasteiger charge is 2.13. The lowest BCUT2D eigenvalue weighted by Crippen LogP contribution is -2.25. The van der Waals surface area contributed by atoms with E-state index in [1.165, 1.54) is 5.56 Å². The summed E-state index contributed by atoms with van der Waals surface area (Å²) in [5.74, 6) is 0. The van der Waals surface area contributed by atoms with Gasteiger partial charge in [-0.25, -0.2) is 0 Å². The zero-order valence-corrected chi connectivity index (χ0v) is 12.3. The van der Waals surface area contributed by atoms with Crippen LogP contribution in [0.4, 0.5) is 0 Å². The maximum Gasteiger partial charge on any atom is 0.0577 e. The van der Waals surface area contributed by atoms with Crippen molar-refractivity contribution in [2.24, 2.45) is 0 Å². The largest absolute Gasteiger partial charge is 0.308 e. The van der Waals surface area contributed by atoms with E-state index in [9.17, 15) is 0 Å². The van der Waals surface area contributed by atoms with Gasteiger partial charge in [-0.1, -0.05) is 26.0 Å². The van der Waals surface area contributed by atoms with Gasteiger partial charge in [0.1, 0.15) is 0 Å². The van der Waals surface area contributed by atoms with Crippen LogP contribution in [0, 0.1) is 0 Å². The first-order valence-electron chi connectivity index (χ1n) is 7.41. The number of hydrogen-bond acceptors (Lipinski definition) is 3. The highest BCUT2D eigenvalue weighted by molar-refractivity contribution is 5.17. The molecule has 0 amide bonds. The zero-order chi connectivity index (χ0) is 14.2. The minimum absolute atomic E-state index is 0.233. The fraction of sp³-hybridized carbons (Fsp3) is 0.412. The highest BCUT2D eigenvalue weighted by atomic mass is 14.9. The average Bonchev–Trinajstić information content (AvgIpc) is 2.53. The smallest absolute Gasteiger partial charge is 0.0577 e. The molecule has 0 bridgehead atoms. The SMILES string of the molecule is CCCNC(Cc1ccc(CC)cn1)c1ccccn1. The van der Waals surface area contributed by atoms with Gasteiger partial charge in [-0.3, -0.25) is 9.97 Å². The van der Waals surface area contributed by atoms with Crippen molar-refractivity contribution in [1.29, 1.82) is 0 Å². The number of hydrogen-bond donors (Lipinski definition) is 1. The maximum atomic E-state index is 4.56. The molecule has 0 aliphatic carbocycles. The van der Waals surface area contributed by atoms with Crippen molar-refractivity contribution in [1.82, 2.24) is 15.3 Å². The predicted molar refractivity (Wildman–Crippen MR) is 82.6 cm³/mol. The fourth-order valence-corrected chi connectivity index (χ4v) is 2.18. The molecule has 0 saturated carbocycles. The second-order valence-electron chi connectivity index (χ2n) is 4.98. The molecule has 1 atom stereocenters. The third-order valence-electron chi connectivity index (χ3n) is 3.39. The fourth-order valence-electron chi connectivity index (χ4n) is 2.18. The van der Waals surface area contributed by atoms with E-state index in [1.807, 2.05) is 24.5 Å². The molecule has 2 aromatic rings. The minimum Gasteiger partial charge on any atom is -0.308 e. The van der Waals surface area contributed by atoms with Crippen molar-refractivity contribution in [3.8, 4) is 0 Å². The number of aromatic nitrogens is 2. The summed E-state index contributed by atoms with van der Waals surface area (Å²) >= 11 is 0. The molecule has 0 aliphatic rings. The van der Waals surface area contributed by atoms with Gasteiger partial charge in [0, 0.05) is 24.5 Å². The van der Waals surface area contributed by atoms with Crippen LogP contribution in [0.15, 0.2) is 42.7 Å². The van der Waals surface area contributed by atoms with Crippen molar-refractivity contribution in [2.45, 2.75) is 39.2 Å². The molecular formula is C17H23N3.